The third kappa shape index (κ3) is 3.03. The summed E-state index contributed by atoms with van der Waals surface area (Å²) >= 11 is 0. The summed E-state index contributed by atoms with van der Waals surface area (Å²) in [5, 5.41) is 4.04. The SMILES string of the molecule is COc1ccc(-c2nc([C@@H]3CC(=O)N(c4ccc(F)cc4)C3)no2)cc1. The molecule has 7 heteroatoms. The minimum Gasteiger partial charge on any atom is -0.497 e. The van der Waals surface area contributed by atoms with Crippen molar-refractivity contribution in [2.75, 3.05) is 18.6 Å². The summed E-state index contributed by atoms with van der Waals surface area (Å²) < 4.78 is 23.6. The van der Waals surface area contributed by atoms with Gasteiger partial charge in [-0.3, -0.25) is 4.79 Å². The lowest BCUT2D eigenvalue weighted by atomic mass is 10.1. The maximum atomic E-state index is 13.1. The zero-order chi connectivity index (χ0) is 18.1. The number of ether oxygens (including phenoxy) is 1. The highest BCUT2D eigenvalue weighted by Gasteiger charge is 2.34. The number of anilines is 1. The lowest BCUT2D eigenvalue weighted by Gasteiger charge is -2.15. The maximum absolute atomic E-state index is 13.1. The summed E-state index contributed by atoms with van der Waals surface area (Å²) in [4.78, 5) is 18.4. The van der Waals surface area contributed by atoms with Crippen molar-refractivity contribution in [3.05, 3.63) is 60.2 Å². The summed E-state index contributed by atoms with van der Waals surface area (Å²) in [5.41, 5.74) is 1.45. The molecule has 0 aliphatic carbocycles. The molecule has 26 heavy (non-hydrogen) atoms. The van der Waals surface area contributed by atoms with Crippen LogP contribution in [0.1, 0.15) is 18.2 Å². The minimum absolute atomic E-state index is 0.0441. The van der Waals surface area contributed by atoms with E-state index in [1.165, 1.54) is 12.1 Å². The predicted molar refractivity (Wildman–Crippen MR) is 92.4 cm³/mol. The molecule has 1 saturated heterocycles. The van der Waals surface area contributed by atoms with Gasteiger partial charge in [0.05, 0.1) is 7.11 Å². The quantitative estimate of drug-likeness (QED) is 0.719. The fraction of sp³-hybridized carbons (Fsp3) is 0.211. The van der Waals surface area contributed by atoms with Gasteiger partial charge in [-0.1, -0.05) is 5.16 Å². The Morgan fingerprint density at radius 2 is 1.88 bits per heavy atom. The number of rotatable bonds is 4. The molecule has 1 atom stereocenters. The van der Waals surface area contributed by atoms with Crippen molar-refractivity contribution >= 4 is 11.6 Å². The van der Waals surface area contributed by atoms with Crippen LogP contribution in [0.4, 0.5) is 10.1 Å². The zero-order valence-electron chi connectivity index (χ0n) is 14.1. The van der Waals surface area contributed by atoms with Crippen LogP contribution in [0.15, 0.2) is 53.1 Å². The number of amides is 1. The molecule has 1 aliphatic heterocycles. The van der Waals surface area contributed by atoms with Gasteiger partial charge in [0.1, 0.15) is 11.6 Å². The van der Waals surface area contributed by atoms with Crippen LogP contribution in [-0.4, -0.2) is 29.7 Å². The monoisotopic (exact) mass is 353 g/mol. The van der Waals surface area contributed by atoms with E-state index in [2.05, 4.69) is 10.1 Å². The summed E-state index contributed by atoms with van der Waals surface area (Å²) in [6, 6.07) is 13.2. The maximum Gasteiger partial charge on any atom is 0.257 e. The van der Waals surface area contributed by atoms with Gasteiger partial charge in [0.25, 0.3) is 5.89 Å². The van der Waals surface area contributed by atoms with Crippen LogP contribution < -0.4 is 9.64 Å². The highest BCUT2D eigenvalue weighted by molar-refractivity contribution is 5.96. The Balaban J connectivity index is 1.52. The Hall–Kier alpha value is -3.22. The molecule has 4 rings (SSSR count). The third-order valence-electron chi connectivity index (χ3n) is 4.41. The Morgan fingerprint density at radius 1 is 1.15 bits per heavy atom. The normalized spacial score (nSPS) is 16.9. The molecule has 132 valence electrons. The number of methoxy groups -OCH3 is 1. The van der Waals surface area contributed by atoms with Crippen molar-refractivity contribution in [1.82, 2.24) is 10.1 Å². The van der Waals surface area contributed by atoms with Gasteiger partial charge in [0.2, 0.25) is 5.91 Å². The number of hydrogen-bond donors (Lipinski definition) is 0. The molecule has 1 fully saturated rings. The summed E-state index contributed by atoms with van der Waals surface area (Å²) in [5.74, 6) is 1.09. The van der Waals surface area contributed by atoms with Crippen molar-refractivity contribution in [3.63, 3.8) is 0 Å². The van der Waals surface area contributed by atoms with Crippen LogP contribution in [0.5, 0.6) is 5.75 Å². The third-order valence-corrected chi connectivity index (χ3v) is 4.41. The Labute approximate surface area is 149 Å². The average Bonchev–Trinajstić information content (AvgIpc) is 3.29. The topological polar surface area (TPSA) is 68.5 Å². The molecular weight excluding hydrogens is 337 g/mol. The first-order valence-electron chi connectivity index (χ1n) is 8.18. The Morgan fingerprint density at radius 3 is 2.58 bits per heavy atom. The van der Waals surface area contributed by atoms with Gasteiger partial charge in [-0.15, -0.1) is 0 Å². The van der Waals surface area contributed by atoms with Crippen LogP contribution in [0, 0.1) is 5.82 Å². The molecule has 1 aromatic heterocycles. The van der Waals surface area contributed by atoms with Gasteiger partial charge >= 0.3 is 0 Å². The molecular formula is C19H16FN3O3. The van der Waals surface area contributed by atoms with Gasteiger partial charge < -0.3 is 14.2 Å². The molecule has 2 aromatic carbocycles. The van der Waals surface area contributed by atoms with Gasteiger partial charge in [0.15, 0.2) is 5.82 Å². The second-order valence-corrected chi connectivity index (χ2v) is 6.07. The van der Waals surface area contributed by atoms with Crippen molar-refractivity contribution in [1.29, 1.82) is 0 Å². The fourth-order valence-corrected chi connectivity index (χ4v) is 3.00. The van der Waals surface area contributed by atoms with E-state index in [-0.39, 0.29) is 17.6 Å². The average molecular weight is 353 g/mol. The highest BCUT2D eigenvalue weighted by Crippen LogP contribution is 2.31. The van der Waals surface area contributed by atoms with Crippen LogP contribution in [-0.2, 0) is 4.79 Å². The molecule has 1 aliphatic rings. The van der Waals surface area contributed by atoms with E-state index < -0.39 is 0 Å². The molecule has 6 nitrogen and oxygen atoms in total. The first-order chi connectivity index (χ1) is 12.6. The molecule has 3 aromatic rings. The van der Waals surface area contributed by atoms with E-state index in [0.717, 1.165) is 11.3 Å². The lowest BCUT2D eigenvalue weighted by Crippen LogP contribution is -2.24. The summed E-state index contributed by atoms with van der Waals surface area (Å²) in [6.45, 7) is 0.437. The number of halogens is 1. The van der Waals surface area contributed by atoms with E-state index in [9.17, 15) is 9.18 Å². The van der Waals surface area contributed by atoms with Crippen molar-refractivity contribution in [2.45, 2.75) is 12.3 Å². The summed E-state index contributed by atoms with van der Waals surface area (Å²) in [6.07, 6.45) is 0.291. The molecule has 0 bridgehead atoms. The molecule has 0 N–H and O–H groups in total. The van der Waals surface area contributed by atoms with Crippen molar-refractivity contribution < 1.29 is 18.4 Å². The van der Waals surface area contributed by atoms with Crippen LogP contribution in [0.25, 0.3) is 11.5 Å². The largest absolute Gasteiger partial charge is 0.497 e. The molecule has 0 saturated carbocycles. The molecule has 1 amide bonds. The van der Waals surface area contributed by atoms with Crippen molar-refractivity contribution in [3.8, 4) is 17.2 Å². The molecule has 0 radical (unpaired) electrons. The van der Waals surface area contributed by atoms with Crippen LogP contribution in [0.3, 0.4) is 0 Å². The van der Waals surface area contributed by atoms with E-state index in [4.69, 9.17) is 9.26 Å². The van der Waals surface area contributed by atoms with Gasteiger partial charge in [-0.2, -0.15) is 4.98 Å². The molecule has 0 unspecified atom stereocenters. The first-order valence-corrected chi connectivity index (χ1v) is 8.18. The second-order valence-electron chi connectivity index (χ2n) is 6.07. The lowest BCUT2D eigenvalue weighted by molar-refractivity contribution is -0.117. The first kappa shape index (κ1) is 16.3. The number of nitrogens with zero attached hydrogens (tertiary/aromatic N) is 3. The number of carbonyl (C=O) groups is 1. The number of carbonyl (C=O) groups excluding carboxylic acids is 1. The smallest absolute Gasteiger partial charge is 0.257 e. The number of aromatic nitrogens is 2. The van der Waals surface area contributed by atoms with Crippen LogP contribution in [0.2, 0.25) is 0 Å². The van der Waals surface area contributed by atoms with E-state index >= 15 is 0 Å². The zero-order valence-corrected chi connectivity index (χ0v) is 14.1. The van der Waals surface area contributed by atoms with Gasteiger partial charge in [0, 0.05) is 30.1 Å². The Bertz CT molecular complexity index is 922. The van der Waals surface area contributed by atoms with Gasteiger partial charge in [-0.05, 0) is 48.5 Å². The molecule has 0 spiro atoms. The van der Waals surface area contributed by atoms with E-state index in [0.29, 0.717) is 30.4 Å². The minimum atomic E-state index is -0.334. The predicted octanol–water partition coefficient (Wildman–Crippen LogP) is 3.40. The molecule has 2 heterocycles. The second kappa shape index (κ2) is 6.59. The number of benzene rings is 2. The summed E-state index contributed by atoms with van der Waals surface area (Å²) in [7, 11) is 1.60. The fourth-order valence-electron chi connectivity index (χ4n) is 3.00. The van der Waals surface area contributed by atoms with Crippen LogP contribution >= 0.6 is 0 Å². The van der Waals surface area contributed by atoms with Crippen molar-refractivity contribution in [2.24, 2.45) is 0 Å². The Kier molecular flexibility index (Phi) is 4.12. The van der Waals surface area contributed by atoms with E-state index in [1.807, 2.05) is 24.3 Å². The standard InChI is InChI=1S/C19H16FN3O3/c1-25-16-8-2-12(3-9-16)19-21-18(22-26-19)13-10-17(24)23(11-13)15-6-4-14(20)5-7-15/h2-9,13H,10-11H2,1H3/t13-/m1/s1. The highest BCUT2D eigenvalue weighted by atomic mass is 19.1. The van der Waals surface area contributed by atoms with E-state index in [1.54, 1.807) is 24.1 Å². The number of hydrogen-bond acceptors (Lipinski definition) is 5. The van der Waals surface area contributed by atoms with Gasteiger partial charge in [-0.25, -0.2) is 4.39 Å².